The van der Waals surface area contributed by atoms with Crippen molar-refractivity contribution in [1.29, 1.82) is 0 Å². The fourth-order valence-corrected chi connectivity index (χ4v) is 2.85. The molecule has 3 rings (SSSR count). The van der Waals surface area contributed by atoms with Crippen LogP contribution in [0.2, 0.25) is 0 Å². The second kappa shape index (κ2) is 7.12. The summed E-state index contributed by atoms with van der Waals surface area (Å²) in [6.45, 7) is 3.26. The molecule has 1 aliphatic heterocycles. The number of halogens is 1. The molecular weight excluding hydrogens is 362 g/mol. The van der Waals surface area contributed by atoms with Crippen LogP contribution in [0.15, 0.2) is 33.6 Å². The number of amides is 1. The molecule has 1 amide bonds. The SMILES string of the molecule is CCc1cnc(OC2CCCN(C(=O)c3ccc(Br)o3)C2)nc1. The van der Waals surface area contributed by atoms with Crippen molar-refractivity contribution in [2.45, 2.75) is 32.3 Å². The Labute approximate surface area is 143 Å². The number of nitrogens with zero attached hydrogens (tertiary/aromatic N) is 3. The minimum atomic E-state index is -0.119. The summed E-state index contributed by atoms with van der Waals surface area (Å²) in [4.78, 5) is 22.6. The van der Waals surface area contributed by atoms with Gasteiger partial charge in [-0.3, -0.25) is 4.79 Å². The fourth-order valence-electron chi connectivity index (χ4n) is 2.54. The van der Waals surface area contributed by atoms with Crippen LogP contribution < -0.4 is 4.74 Å². The quantitative estimate of drug-likeness (QED) is 0.816. The molecule has 0 radical (unpaired) electrons. The van der Waals surface area contributed by atoms with Crippen molar-refractivity contribution in [3.63, 3.8) is 0 Å². The van der Waals surface area contributed by atoms with Crippen molar-refractivity contribution in [2.75, 3.05) is 13.1 Å². The van der Waals surface area contributed by atoms with Gasteiger partial charge in [-0.25, -0.2) is 9.97 Å². The Morgan fingerprint density at radius 2 is 2.22 bits per heavy atom. The second-order valence-electron chi connectivity index (χ2n) is 5.46. The minimum absolute atomic E-state index is 0.0985. The zero-order chi connectivity index (χ0) is 16.2. The first-order chi connectivity index (χ1) is 11.2. The van der Waals surface area contributed by atoms with Crippen LogP contribution in [0.25, 0.3) is 0 Å². The van der Waals surface area contributed by atoms with E-state index in [9.17, 15) is 4.79 Å². The molecular formula is C16H18BrN3O3. The van der Waals surface area contributed by atoms with Crippen LogP contribution in [-0.2, 0) is 6.42 Å². The highest BCUT2D eigenvalue weighted by Crippen LogP contribution is 2.20. The van der Waals surface area contributed by atoms with Gasteiger partial charge in [-0.15, -0.1) is 0 Å². The van der Waals surface area contributed by atoms with Gasteiger partial charge in [-0.05, 0) is 52.9 Å². The van der Waals surface area contributed by atoms with E-state index in [4.69, 9.17) is 9.15 Å². The van der Waals surface area contributed by atoms with Gasteiger partial charge in [0.1, 0.15) is 6.10 Å². The molecule has 1 aliphatic rings. The van der Waals surface area contributed by atoms with E-state index >= 15 is 0 Å². The molecule has 23 heavy (non-hydrogen) atoms. The maximum Gasteiger partial charge on any atom is 0.316 e. The van der Waals surface area contributed by atoms with Crippen LogP contribution >= 0.6 is 15.9 Å². The number of carbonyl (C=O) groups is 1. The van der Waals surface area contributed by atoms with Crippen LogP contribution in [-0.4, -0.2) is 40.0 Å². The number of aryl methyl sites for hydroxylation is 1. The van der Waals surface area contributed by atoms with Gasteiger partial charge in [-0.1, -0.05) is 6.92 Å². The number of hydrogen-bond acceptors (Lipinski definition) is 5. The molecule has 3 heterocycles. The van der Waals surface area contributed by atoms with Crippen LogP contribution in [0.4, 0.5) is 0 Å². The molecule has 6 nitrogen and oxygen atoms in total. The molecule has 1 atom stereocenters. The lowest BCUT2D eigenvalue weighted by molar-refractivity contribution is 0.0488. The third-order valence-electron chi connectivity index (χ3n) is 3.81. The molecule has 0 bridgehead atoms. The third kappa shape index (κ3) is 3.90. The molecule has 0 aliphatic carbocycles. The van der Waals surface area contributed by atoms with E-state index in [0.29, 0.717) is 29.5 Å². The van der Waals surface area contributed by atoms with Gasteiger partial charge in [0.15, 0.2) is 10.4 Å². The maximum absolute atomic E-state index is 12.4. The molecule has 0 N–H and O–H groups in total. The highest BCUT2D eigenvalue weighted by Gasteiger charge is 2.27. The normalized spacial score (nSPS) is 18.0. The summed E-state index contributed by atoms with van der Waals surface area (Å²) in [7, 11) is 0. The zero-order valence-corrected chi connectivity index (χ0v) is 14.5. The standard InChI is InChI=1S/C16H18BrN3O3/c1-2-11-8-18-16(19-9-11)22-12-4-3-7-20(10-12)15(21)13-5-6-14(17)23-13/h5-6,8-9,12H,2-4,7,10H2,1H3. The van der Waals surface area contributed by atoms with E-state index < -0.39 is 0 Å². The smallest absolute Gasteiger partial charge is 0.316 e. The molecule has 0 spiro atoms. The van der Waals surface area contributed by atoms with Crippen molar-refractivity contribution in [2.24, 2.45) is 0 Å². The summed E-state index contributed by atoms with van der Waals surface area (Å²) in [5.41, 5.74) is 1.07. The van der Waals surface area contributed by atoms with E-state index in [0.717, 1.165) is 24.8 Å². The number of aromatic nitrogens is 2. The predicted molar refractivity (Wildman–Crippen MR) is 87.4 cm³/mol. The van der Waals surface area contributed by atoms with Crippen molar-refractivity contribution >= 4 is 21.8 Å². The van der Waals surface area contributed by atoms with Crippen molar-refractivity contribution in [3.05, 3.63) is 40.5 Å². The van der Waals surface area contributed by atoms with Gasteiger partial charge < -0.3 is 14.1 Å². The van der Waals surface area contributed by atoms with Gasteiger partial charge in [0.2, 0.25) is 0 Å². The van der Waals surface area contributed by atoms with Crippen LogP contribution in [0.1, 0.15) is 35.9 Å². The molecule has 2 aromatic heterocycles. The molecule has 1 saturated heterocycles. The second-order valence-corrected chi connectivity index (χ2v) is 6.25. The topological polar surface area (TPSA) is 68.5 Å². The number of ether oxygens (including phenoxy) is 1. The number of rotatable bonds is 4. The summed E-state index contributed by atoms with van der Waals surface area (Å²) < 4.78 is 11.7. The van der Waals surface area contributed by atoms with Crippen molar-refractivity contribution in [1.82, 2.24) is 14.9 Å². The van der Waals surface area contributed by atoms with Gasteiger partial charge >= 0.3 is 6.01 Å². The summed E-state index contributed by atoms with van der Waals surface area (Å²) in [5, 5.41) is 0. The van der Waals surface area contributed by atoms with Gasteiger partial charge in [-0.2, -0.15) is 0 Å². The number of carbonyl (C=O) groups excluding carboxylic acids is 1. The molecule has 122 valence electrons. The first kappa shape index (κ1) is 16.0. The third-order valence-corrected chi connectivity index (χ3v) is 4.24. The summed E-state index contributed by atoms with van der Waals surface area (Å²) in [6.07, 6.45) is 6.10. The minimum Gasteiger partial charge on any atom is -0.458 e. The Balaban J connectivity index is 1.62. The Hall–Kier alpha value is -1.89. The Morgan fingerprint density at radius 1 is 1.43 bits per heavy atom. The van der Waals surface area contributed by atoms with Crippen LogP contribution in [0.5, 0.6) is 6.01 Å². The highest BCUT2D eigenvalue weighted by molar-refractivity contribution is 9.10. The number of furan rings is 1. The first-order valence-corrected chi connectivity index (χ1v) is 8.47. The van der Waals surface area contributed by atoms with E-state index in [2.05, 4.69) is 32.8 Å². The Kier molecular flexibility index (Phi) is 4.95. The van der Waals surface area contributed by atoms with Gasteiger partial charge in [0.25, 0.3) is 5.91 Å². The van der Waals surface area contributed by atoms with E-state index in [1.807, 2.05) is 0 Å². The van der Waals surface area contributed by atoms with Crippen molar-refractivity contribution < 1.29 is 13.9 Å². The van der Waals surface area contributed by atoms with Crippen molar-refractivity contribution in [3.8, 4) is 6.01 Å². The monoisotopic (exact) mass is 379 g/mol. The predicted octanol–water partition coefficient (Wildman–Crippen LogP) is 3.08. The average Bonchev–Trinajstić information content (AvgIpc) is 3.01. The lowest BCUT2D eigenvalue weighted by atomic mass is 10.1. The number of piperidine rings is 1. The van der Waals surface area contributed by atoms with Crippen LogP contribution in [0.3, 0.4) is 0 Å². The van der Waals surface area contributed by atoms with E-state index in [1.54, 1.807) is 29.4 Å². The molecule has 2 aromatic rings. The highest BCUT2D eigenvalue weighted by atomic mass is 79.9. The van der Waals surface area contributed by atoms with Crippen LogP contribution in [0, 0.1) is 0 Å². The Morgan fingerprint density at radius 3 is 2.87 bits per heavy atom. The number of likely N-dealkylation sites (tertiary alicyclic amines) is 1. The summed E-state index contributed by atoms with van der Waals surface area (Å²) in [5.74, 6) is 0.215. The molecule has 0 saturated carbocycles. The maximum atomic E-state index is 12.4. The fraction of sp³-hybridized carbons (Fsp3) is 0.438. The van der Waals surface area contributed by atoms with Gasteiger partial charge in [0.05, 0.1) is 6.54 Å². The van der Waals surface area contributed by atoms with E-state index in [-0.39, 0.29) is 12.0 Å². The summed E-state index contributed by atoms with van der Waals surface area (Å²) in [6, 6.07) is 3.75. The molecule has 0 aromatic carbocycles. The number of hydrogen-bond donors (Lipinski definition) is 0. The molecule has 7 heteroatoms. The molecule has 1 fully saturated rings. The Bertz CT molecular complexity index is 671. The lowest BCUT2D eigenvalue weighted by Gasteiger charge is -2.31. The average molecular weight is 380 g/mol. The molecule has 1 unspecified atom stereocenters. The first-order valence-electron chi connectivity index (χ1n) is 7.68. The van der Waals surface area contributed by atoms with Gasteiger partial charge in [0, 0.05) is 18.9 Å². The largest absolute Gasteiger partial charge is 0.458 e. The zero-order valence-electron chi connectivity index (χ0n) is 12.9. The summed E-state index contributed by atoms with van der Waals surface area (Å²) >= 11 is 3.21. The lowest BCUT2D eigenvalue weighted by Crippen LogP contribution is -2.44. The van der Waals surface area contributed by atoms with E-state index in [1.165, 1.54) is 0 Å².